The van der Waals surface area contributed by atoms with E-state index < -0.39 is 0 Å². The molecular weight excluding hydrogens is 90.9 g/mol. The Morgan fingerprint density at radius 1 is 1.86 bits per heavy atom. The van der Waals surface area contributed by atoms with E-state index in [-0.39, 0.29) is 0 Å². The second-order valence-corrected chi connectivity index (χ2v) is 1.16. The normalized spacial score (nSPS) is 8.71. The van der Waals surface area contributed by atoms with Crippen LogP contribution in [0.1, 0.15) is 0 Å². The highest BCUT2D eigenvalue weighted by molar-refractivity contribution is 6.45. The third-order valence-corrected chi connectivity index (χ3v) is 0.668. The Morgan fingerprint density at radius 2 is 2.71 bits per heavy atom. The number of hydrogen-bond acceptors (Lipinski definition) is 2. The minimum absolute atomic E-state index is 0.694. The molecular formula is C3H4BN2O. The molecule has 1 radical (unpaired) electrons. The number of hydrogen-bond donors (Lipinski definition) is 2. The summed E-state index contributed by atoms with van der Waals surface area (Å²) in [5.74, 6) is 0. The Bertz CT molecular complexity index is 127. The first-order valence-electron chi connectivity index (χ1n) is 1.89. The van der Waals surface area contributed by atoms with E-state index in [0.29, 0.717) is 5.46 Å². The number of aromatic amines is 1. The molecule has 0 spiro atoms. The molecule has 0 aromatic carbocycles. The van der Waals surface area contributed by atoms with Crippen LogP contribution in [0.5, 0.6) is 0 Å². The van der Waals surface area contributed by atoms with Crippen LogP contribution in [0.25, 0.3) is 0 Å². The van der Waals surface area contributed by atoms with Crippen molar-refractivity contribution in [2.75, 3.05) is 0 Å². The molecule has 0 saturated heterocycles. The molecule has 0 unspecified atom stereocenters. The fraction of sp³-hybridized carbons (Fsp3) is 0. The molecule has 0 atom stereocenters. The van der Waals surface area contributed by atoms with Gasteiger partial charge < -0.3 is 5.02 Å². The zero-order valence-electron chi connectivity index (χ0n) is 3.63. The van der Waals surface area contributed by atoms with Gasteiger partial charge in [0.05, 0.1) is 0 Å². The summed E-state index contributed by atoms with van der Waals surface area (Å²) in [6.07, 6.45) is 3.12. The molecule has 1 heterocycles. The summed E-state index contributed by atoms with van der Waals surface area (Å²) in [6.45, 7) is 0. The zero-order chi connectivity index (χ0) is 5.11. The van der Waals surface area contributed by atoms with Crippen molar-refractivity contribution in [1.29, 1.82) is 0 Å². The van der Waals surface area contributed by atoms with Gasteiger partial charge in [-0.05, 0) is 5.46 Å². The van der Waals surface area contributed by atoms with Gasteiger partial charge in [0.2, 0.25) is 0 Å². The largest absolute Gasteiger partial charge is 0.450 e. The minimum atomic E-state index is 0.694. The van der Waals surface area contributed by atoms with Crippen LogP contribution in [0.15, 0.2) is 12.4 Å². The average molecular weight is 94.9 g/mol. The summed E-state index contributed by atoms with van der Waals surface area (Å²) in [6, 6.07) is 0. The van der Waals surface area contributed by atoms with Gasteiger partial charge in [-0.3, -0.25) is 5.10 Å². The number of nitrogens with zero attached hydrogens (tertiary/aromatic N) is 1. The van der Waals surface area contributed by atoms with Gasteiger partial charge in [-0.1, -0.05) is 0 Å². The molecule has 0 aliphatic carbocycles. The van der Waals surface area contributed by atoms with Crippen molar-refractivity contribution in [3.05, 3.63) is 12.4 Å². The van der Waals surface area contributed by atoms with Crippen molar-refractivity contribution in [3.8, 4) is 0 Å². The standard InChI is InChI=1S/C3H4BN2O/c7-4-3-1-5-6-2-3/h1-2,7H,(H,5,6). The maximum Gasteiger partial charge on any atom is 0.330 e. The first-order valence-corrected chi connectivity index (χ1v) is 1.89. The molecule has 0 amide bonds. The van der Waals surface area contributed by atoms with E-state index in [1.807, 2.05) is 0 Å². The number of aromatic nitrogens is 2. The van der Waals surface area contributed by atoms with Gasteiger partial charge in [0.25, 0.3) is 0 Å². The lowest BCUT2D eigenvalue weighted by molar-refractivity contribution is 0.615. The average Bonchev–Trinajstić information content (AvgIpc) is 2.14. The van der Waals surface area contributed by atoms with Crippen LogP contribution in [-0.2, 0) is 0 Å². The lowest BCUT2D eigenvalue weighted by atomic mass is 9.93. The van der Waals surface area contributed by atoms with Gasteiger partial charge >= 0.3 is 7.48 Å². The van der Waals surface area contributed by atoms with Gasteiger partial charge in [0.1, 0.15) is 0 Å². The van der Waals surface area contributed by atoms with Crippen LogP contribution in [0.4, 0.5) is 0 Å². The predicted octanol–water partition coefficient (Wildman–Crippen LogP) is -1.35. The van der Waals surface area contributed by atoms with Gasteiger partial charge in [-0.15, -0.1) is 0 Å². The van der Waals surface area contributed by atoms with Crippen molar-refractivity contribution in [3.63, 3.8) is 0 Å². The highest BCUT2D eigenvalue weighted by atomic mass is 16.2. The van der Waals surface area contributed by atoms with Crippen LogP contribution < -0.4 is 5.46 Å². The van der Waals surface area contributed by atoms with E-state index in [1.165, 1.54) is 6.20 Å². The van der Waals surface area contributed by atoms with Crippen molar-refractivity contribution in [2.45, 2.75) is 0 Å². The molecule has 35 valence electrons. The Hall–Kier alpha value is -0.765. The lowest BCUT2D eigenvalue weighted by Gasteiger charge is -1.72. The highest BCUT2D eigenvalue weighted by Crippen LogP contribution is 1.63. The van der Waals surface area contributed by atoms with Crippen LogP contribution in [-0.4, -0.2) is 22.7 Å². The number of rotatable bonds is 1. The van der Waals surface area contributed by atoms with E-state index >= 15 is 0 Å². The quantitative estimate of drug-likeness (QED) is 0.423. The Morgan fingerprint density at radius 3 is 3.00 bits per heavy atom. The molecule has 1 aromatic rings. The van der Waals surface area contributed by atoms with Gasteiger partial charge in [0.15, 0.2) is 0 Å². The van der Waals surface area contributed by atoms with Crippen molar-refractivity contribution in [1.82, 2.24) is 10.2 Å². The highest BCUT2D eigenvalue weighted by Gasteiger charge is 1.88. The third kappa shape index (κ3) is 0.808. The smallest absolute Gasteiger partial charge is 0.330 e. The molecule has 3 nitrogen and oxygen atoms in total. The Labute approximate surface area is 41.6 Å². The Kier molecular flexibility index (Phi) is 1.13. The van der Waals surface area contributed by atoms with Gasteiger partial charge in [-0.25, -0.2) is 0 Å². The zero-order valence-corrected chi connectivity index (χ0v) is 3.63. The second-order valence-electron chi connectivity index (χ2n) is 1.16. The van der Waals surface area contributed by atoms with Gasteiger partial charge in [-0.2, -0.15) is 5.10 Å². The van der Waals surface area contributed by atoms with Crippen molar-refractivity contribution in [2.24, 2.45) is 0 Å². The summed E-state index contributed by atoms with van der Waals surface area (Å²) in [7, 11) is 0.990. The van der Waals surface area contributed by atoms with Crippen molar-refractivity contribution < 1.29 is 5.02 Å². The summed E-state index contributed by atoms with van der Waals surface area (Å²) < 4.78 is 0. The molecule has 0 aliphatic heterocycles. The van der Waals surface area contributed by atoms with Crippen LogP contribution >= 0.6 is 0 Å². The molecule has 0 saturated carbocycles. The maximum absolute atomic E-state index is 8.24. The first-order chi connectivity index (χ1) is 3.43. The minimum Gasteiger partial charge on any atom is -0.450 e. The third-order valence-electron chi connectivity index (χ3n) is 0.668. The fourth-order valence-electron chi connectivity index (χ4n) is 0.331. The molecule has 0 bridgehead atoms. The summed E-state index contributed by atoms with van der Waals surface area (Å²) >= 11 is 0. The Balaban J connectivity index is 2.76. The molecule has 0 aliphatic rings. The molecule has 2 N–H and O–H groups in total. The molecule has 7 heavy (non-hydrogen) atoms. The van der Waals surface area contributed by atoms with Crippen LogP contribution in [0.3, 0.4) is 0 Å². The second kappa shape index (κ2) is 1.79. The lowest BCUT2D eigenvalue weighted by Crippen LogP contribution is -2.09. The molecule has 1 rings (SSSR count). The monoisotopic (exact) mass is 95.0 g/mol. The molecule has 1 aromatic heterocycles. The maximum atomic E-state index is 8.24. The molecule has 0 fully saturated rings. The topological polar surface area (TPSA) is 48.9 Å². The van der Waals surface area contributed by atoms with E-state index in [1.54, 1.807) is 6.20 Å². The van der Waals surface area contributed by atoms with Crippen molar-refractivity contribution >= 4 is 12.9 Å². The predicted molar refractivity (Wildman–Crippen MR) is 26.2 cm³/mol. The van der Waals surface area contributed by atoms with Gasteiger partial charge in [0, 0.05) is 12.4 Å². The van der Waals surface area contributed by atoms with E-state index in [2.05, 4.69) is 10.2 Å². The number of H-pyrrole nitrogens is 1. The van der Waals surface area contributed by atoms with Crippen LogP contribution in [0.2, 0.25) is 0 Å². The van der Waals surface area contributed by atoms with E-state index in [4.69, 9.17) is 5.02 Å². The SMILES string of the molecule is O[B]c1cn[nH]c1. The number of nitrogens with one attached hydrogen (secondary N) is 1. The van der Waals surface area contributed by atoms with E-state index in [9.17, 15) is 0 Å². The summed E-state index contributed by atoms with van der Waals surface area (Å²) in [4.78, 5) is 0. The fourth-order valence-corrected chi connectivity index (χ4v) is 0.331. The summed E-state index contributed by atoms with van der Waals surface area (Å²) in [5.41, 5.74) is 0.694. The summed E-state index contributed by atoms with van der Waals surface area (Å²) in [5, 5.41) is 14.4. The first kappa shape index (κ1) is 4.40. The molecule has 4 heteroatoms. The van der Waals surface area contributed by atoms with E-state index in [0.717, 1.165) is 7.48 Å². The van der Waals surface area contributed by atoms with Crippen LogP contribution in [0, 0.1) is 0 Å².